The van der Waals surface area contributed by atoms with E-state index in [1.54, 1.807) is 0 Å². The summed E-state index contributed by atoms with van der Waals surface area (Å²) in [5.74, 6) is 0. The van der Waals surface area contributed by atoms with Crippen LogP contribution >= 0.6 is 0 Å². The molecule has 0 bridgehead atoms. The van der Waals surface area contributed by atoms with Crippen LogP contribution in [0.5, 0.6) is 0 Å². The van der Waals surface area contributed by atoms with Crippen LogP contribution in [0.3, 0.4) is 0 Å². The molecule has 0 spiro atoms. The molecule has 0 rings (SSSR count). The van der Waals surface area contributed by atoms with Crippen molar-refractivity contribution in [1.29, 1.82) is 0 Å². The van der Waals surface area contributed by atoms with E-state index >= 15 is 0 Å². The third-order valence-electron chi connectivity index (χ3n) is 0. The van der Waals surface area contributed by atoms with E-state index in [4.69, 9.17) is 0 Å². The Bertz CT molecular complexity index is 6.00. The average molecular weight is 237 g/mol. The molecule has 0 aliphatic carbocycles. The maximum Gasteiger partial charge on any atom is 2.00 e. The van der Waals surface area contributed by atoms with Crippen LogP contribution in [0.1, 0.15) is 0 Å². The van der Waals surface area contributed by atoms with Crippen LogP contribution in [0.25, 0.3) is 0 Å². The van der Waals surface area contributed by atoms with E-state index in [2.05, 4.69) is 0 Å². The van der Waals surface area contributed by atoms with Gasteiger partial charge in [-0.25, -0.2) is 0 Å². The largest absolute Gasteiger partial charge is 2.00 e. The number of rotatable bonds is 0. The van der Waals surface area contributed by atoms with Gasteiger partial charge < -0.3 is 34.0 Å². The topological polar surface area (TPSA) is 0 Å². The van der Waals surface area contributed by atoms with Crippen molar-refractivity contribution in [3.63, 3.8) is 0 Å². The fourth-order valence-electron chi connectivity index (χ4n) is 0. The number of hydrogen-bond acceptors (Lipinski definition) is 0. The zero-order valence-corrected chi connectivity index (χ0v) is 5.88. The van der Waals surface area contributed by atoms with Gasteiger partial charge in [-0.05, 0) is 0 Å². The van der Waals surface area contributed by atoms with Crippen molar-refractivity contribution < 1.29 is 51.0 Å². The van der Waals surface area contributed by atoms with E-state index in [1.165, 1.54) is 0 Å². The normalized spacial score (nSPS) is 0. The second kappa shape index (κ2) is 24.8. The molecule has 4 heavy (non-hydrogen) atoms. The van der Waals surface area contributed by atoms with E-state index in [9.17, 15) is 0 Å². The summed E-state index contributed by atoms with van der Waals surface area (Å²) in [7, 11) is 0. The zero-order chi connectivity index (χ0) is 0. The molecule has 0 aliphatic rings. The van der Waals surface area contributed by atoms with E-state index in [-0.39, 0.29) is 58.5 Å². The molecule has 0 aromatic carbocycles. The molecule has 0 nitrogen and oxygen atoms in total. The van der Waals surface area contributed by atoms with Crippen molar-refractivity contribution in [1.82, 2.24) is 0 Å². The van der Waals surface area contributed by atoms with E-state index in [0.29, 0.717) is 0 Å². The summed E-state index contributed by atoms with van der Waals surface area (Å²) >= 11 is 0. The summed E-state index contributed by atoms with van der Waals surface area (Å²) < 4.78 is 0. The summed E-state index contributed by atoms with van der Waals surface area (Å²) in [6, 6.07) is 0. The molecule has 0 N–H and O–H groups in total. The van der Waals surface area contributed by atoms with Gasteiger partial charge in [0.25, 0.3) is 0 Å². The zero-order valence-electron chi connectivity index (χ0n) is 1.76. The minimum Gasteiger partial charge on any atom is -1.00 e. The Labute approximate surface area is 58.4 Å². The summed E-state index contributed by atoms with van der Waals surface area (Å²) in [5, 5.41) is 0. The summed E-state index contributed by atoms with van der Waals surface area (Å²) in [6.07, 6.45) is 0. The third-order valence-corrected chi connectivity index (χ3v) is 0. The van der Waals surface area contributed by atoms with Gasteiger partial charge in [-0.1, -0.05) is 7.43 Å². The summed E-state index contributed by atoms with van der Waals surface area (Å²) in [6.45, 7) is 0. The second-order valence-corrected chi connectivity index (χ2v) is 0. The molecule has 3 radical (unpaired) electrons. The maximum absolute atomic E-state index is 0. The predicted molar refractivity (Wildman–Crippen MR) is 5.36 cm³/mol. The molecule has 0 aliphatic heterocycles. The van der Waals surface area contributed by atoms with E-state index in [0.717, 1.165) is 0 Å². The molecular weight excluding hydrogens is 235 g/mol. The van der Waals surface area contributed by atoms with Crippen molar-refractivity contribution in [3.8, 4) is 0 Å². The van der Waals surface area contributed by atoms with Crippen LogP contribution < -0.4 is 34.0 Å². The standard InChI is InChI=1S/CH2.2BrH.Cu/h1H2;2*1H;/q;;;+2/p-2. The minimum absolute atomic E-state index is 0. The smallest absolute Gasteiger partial charge is 1.00 e. The molecule has 0 saturated carbocycles. The fraction of sp³-hybridized carbons (Fsp3) is 0. The van der Waals surface area contributed by atoms with Crippen LogP contribution in [0.15, 0.2) is 0 Å². The van der Waals surface area contributed by atoms with Crippen molar-refractivity contribution >= 4 is 0 Å². The molecule has 0 amide bonds. The van der Waals surface area contributed by atoms with Gasteiger partial charge in [0.2, 0.25) is 0 Å². The first-order valence-corrected chi connectivity index (χ1v) is 0. The molecule has 0 heterocycles. The van der Waals surface area contributed by atoms with Crippen molar-refractivity contribution in [2.24, 2.45) is 0 Å². The SMILES string of the molecule is [Br-].[Br-].[CH2].[Cu+2]. The second-order valence-electron chi connectivity index (χ2n) is 0. The summed E-state index contributed by atoms with van der Waals surface area (Å²) in [4.78, 5) is 0. The predicted octanol–water partition coefficient (Wildman–Crippen LogP) is -5.67. The monoisotopic (exact) mass is 235 g/mol. The van der Waals surface area contributed by atoms with E-state index < -0.39 is 0 Å². The molecule has 0 fully saturated rings. The van der Waals surface area contributed by atoms with E-state index in [1.807, 2.05) is 0 Å². The molecule has 0 unspecified atom stereocenters. The first kappa shape index (κ1) is 50.2. The molecule has 31 valence electrons. The Morgan fingerprint density at radius 3 is 0.750 bits per heavy atom. The first-order valence-electron chi connectivity index (χ1n) is 0. The Morgan fingerprint density at radius 1 is 0.750 bits per heavy atom. The van der Waals surface area contributed by atoms with Crippen LogP contribution in [0.2, 0.25) is 0 Å². The Morgan fingerprint density at radius 2 is 0.750 bits per heavy atom. The average Bonchev–Trinajstić information content (AvgIpc) is 0. The maximum atomic E-state index is 0. The third kappa shape index (κ3) is 9.77. The van der Waals surface area contributed by atoms with Crippen LogP contribution in [0, 0.1) is 7.43 Å². The molecule has 0 aromatic heterocycles. The molecular formula is CH2Br2Cu. The van der Waals surface area contributed by atoms with Gasteiger partial charge >= 0.3 is 17.1 Å². The van der Waals surface area contributed by atoms with Gasteiger partial charge in [0.05, 0.1) is 0 Å². The number of hydrogen-bond donors (Lipinski definition) is 0. The van der Waals surface area contributed by atoms with Gasteiger partial charge in [0.15, 0.2) is 0 Å². The van der Waals surface area contributed by atoms with Gasteiger partial charge in [-0.3, -0.25) is 0 Å². The van der Waals surface area contributed by atoms with Gasteiger partial charge in [0.1, 0.15) is 0 Å². The van der Waals surface area contributed by atoms with Crippen molar-refractivity contribution in [2.45, 2.75) is 0 Å². The Balaban J connectivity index is 0. The summed E-state index contributed by atoms with van der Waals surface area (Å²) in [5.41, 5.74) is 0. The van der Waals surface area contributed by atoms with Gasteiger partial charge in [0, 0.05) is 0 Å². The first-order chi connectivity index (χ1) is 0. The molecule has 0 aromatic rings. The Hall–Kier alpha value is 1.48. The van der Waals surface area contributed by atoms with Gasteiger partial charge in [-0.15, -0.1) is 0 Å². The minimum atomic E-state index is 0. The fourth-order valence-corrected chi connectivity index (χ4v) is 0. The van der Waals surface area contributed by atoms with Crippen molar-refractivity contribution in [2.75, 3.05) is 0 Å². The number of halogens is 2. The van der Waals surface area contributed by atoms with Crippen LogP contribution in [0.4, 0.5) is 0 Å². The van der Waals surface area contributed by atoms with Crippen molar-refractivity contribution in [3.05, 3.63) is 7.43 Å². The molecule has 0 atom stereocenters. The Kier molecular flexibility index (Phi) is 311. The van der Waals surface area contributed by atoms with Gasteiger partial charge in [-0.2, -0.15) is 0 Å². The quantitative estimate of drug-likeness (QED) is 0.369. The molecule has 0 saturated heterocycles. The van der Waals surface area contributed by atoms with Crippen LogP contribution in [-0.4, -0.2) is 0 Å². The van der Waals surface area contributed by atoms with Crippen LogP contribution in [-0.2, 0) is 17.1 Å². The molecule has 3 heteroatoms.